The van der Waals surface area contributed by atoms with Crippen molar-refractivity contribution in [2.75, 3.05) is 31.1 Å². The zero-order valence-corrected chi connectivity index (χ0v) is 15.4. The number of para-hydroxylation sites is 1. The molecule has 6 nitrogen and oxygen atoms in total. The van der Waals surface area contributed by atoms with Crippen LogP contribution in [-0.4, -0.2) is 36.5 Å². The van der Waals surface area contributed by atoms with Crippen LogP contribution in [0.15, 0.2) is 59.4 Å². The molecule has 1 aromatic heterocycles. The first kappa shape index (κ1) is 18.0. The van der Waals surface area contributed by atoms with E-state index in [4.69, 9.17) is 0 Å². The van der Waals surface area contributed by atoms with E-state index in [0.29, 0.717) is 16.8 Å². The van der Waals surface area contributed by atoms with Gasteiger partial charge in [0.1, 0.15) is 11.6 Å². The monoisotopic (exact) mass is 372 g/mol. The summed E-state index contributed by atoms with van der Waals surface area (Å²) in [6.07, 6.45) is 0. The van der Waals surface area contributed by atoms with Crippen LogP contribution >= 0.6 is 0 Å². The normalized spacial score (nSPS) is 14.0. The van der Waals surface area contributed by atoms with Gasteiger partial charge < -0.3 is 10.2 Å². The number of carbonyl (C=O) groups excluding carboxylic acids is 1. The van der Waals surface area contributed by atoms with Crippen LogP contribution in [0.3, 0.4) is 0 Å². The second-order valence-corrected chi connectivity index (χ2v) is 6.77. The zero-order valence-electron chi connectivity index (χ0n) is 15.4. The van der Waals surface area contributed by atoms with Crippen LogP contribution in [0.4, 0.5) is 5.69 Å². The Morgan fingerprint density at radius 1 is 1.04 bits per heavy atom. The highest BCUT2D eigenvalue weighted by Gasteiger charge is 2.23. The average Bonchev–Trinajstić information content (AvgIpc) is 2.76. The van der Waals surface area contributed by atoms with Gasteiger partial charge in [-0.3, -0.25) is 14.2 Å². The Morgan fingerprint density at radius 3 is 2.43 bits per heavy atom. The molecule has 0 amide bonds. The van der Waals surface area contributed by atoms with Gasteiger partial charge >= 0.3 is 0 Å². The van der Waals surface area contributed by atoms with E-state index >= 15 is 0 Å². The van der Waals surface area contributed by atoms with Crippen LogP contribution < -0.4 is 15.8 Å². The first-order valence-corrected chi connectivity index (χ1v) is 9.30. The molecule has 0 atom stereocenters. The summed E-state index contributed by atoms with van der Waals surface area (Å²) >= 11 is 0. The molecule has 6 heteroatoms. The van der Waals surface area contributed by atoms with Gasteiger partial charge in [-0.1, -0.05) is 48.5 Å². The Balaban J connectivity index is 1.89. The average molecular weight is 372 g/mol. The number of nitrogens with zero attached hydrogens (tertiary/aromatic N) is 3. The van der Waals surface area contributed by atoms with E-state index in [2.05, 4.69) is 16.3 Å². The predicted molar refractivity (Wildman–Crippen MR) is 109 cm³/mol. The highest BCUT2D eigenvalue weighted by atomic mass is 16.1. The second-order valence-electron chi connectivity index (χ2n) is 6.77. The fraction of sp³-hybridized carbons (Fsp3) is 0.227. The minimum Gasteiger partial charge on any atom is -0.367 e. The summed E-state index contributed by atoms with van der Waals surface area (Å²) in [5.74, 6) is -0.160. The number of pyridine rings is 1. The quantitative estimate of drug-likeness (QED) is 0.710. The Kier molecular flexibility index (Phi) is 4.92. The smallest absolute Gasteiger partial charge is 0.271 e. The van der Waals surface area contributed by atoms with E-state index < -0.39 is 5.56 Å². The maximum absolute atomic E-state index is 13.2. The molecule has 1 aliphatic heterocycles. The number of benzene rings is 2. The van der Waals surface area contributed by atoms with Crippen molar-refractivity contribution in [1.82, 2.24) is 9.88 Å². The first-order valence-electron chi connectivity index (χ1n) is 9.30. The van der Waals surface area contributed by atoms with E-state index in [0.717, 1.165) is 31.6 Å². The van der Waals surface area contributed by atoms with Gasteiger partial charge in [0.05, 0.1) is 17.7 Å². The lowest BCUT2D eigenvalue weighted by Gasteiger charge is -2.31. The molecule has 0 saturated carbocycles. The molecule has 4 rings (SSSR count). The number of hydrogen-bond donors (Lipinski definition) is 1. The van der Waals surface area contributed by atoms with Crippen molar-refractivity contribution in [2.45, 2.75) is 6.54 Å². The molecule has 2 heterocycles. The zero-order chi connectivity index (χ0) is 19.5. The number of anilines is 1. The summed E-state index contributed by atoms with van der Waals surface area (Å²) in [5, 5.41) is 13.9. The van der Waals surface area contributed by atoms with Gasteiger partial charge in [0, 0.05) is 37.1 Å². The van der Waals surface area contributed by atoms with E-state index in [1.807, 2.05) is 30.3 Å². The van der Waals surface area contributed by atoms with Crippen LogP contribution in [-0.2, 0) is 6.54 Å². The van der Waals surface area contributed by atoms with Crippen molar-refractivity contribution < 1.29 is 4.79 Å². The van der Waals surface area contributed by atoms with E-state index in [1.165, 1.54) is 4.57 Å². The molecular weight excluding hydrogens is 352 g/mol. The molecule has 1 fully saturated rings. The Morgan fingerprint density at radius 2 is 1.71 bits per heavy atom. The summed E-state index contributed by atoms with van der Waals surface area (Å²) < 4.78 is 1.43. The number of carbonyl (C=O) groups is 1. The van der Waals surface area contributed by atoms with Gasteiger partial charge in [-0.05, 0) is 6.07 Å². The molecule has 3 aromatic rings. The van der Waals surface area contributed by atoms with Crippen LogP contribution in [0.5, 0.6) is 0 Å². The molecule has 0 radical (unpaired) electrons. The number of Topliss-reactive ketones (excluding diaryl/α,β-unsaturated/α-hetero) is 1. The van der Waals surface area contributed by atoms with Gasteiger partial charge in [-0.25, -0.2) is 0 Å². The Labute approximate surface area is 162 Å². The lowest BCUT2D eigenvalue weighted by atomic mass is 10.1. The molecular formula is C22H20N4O2. The van der Waals surface area contributed by atoms with Crippen LogP contribution in [0, 0.1) is 11.3 Å². The SMILES string of the molecule is N#Cc1c(N2CCNCC2)c2ccccc2n(CC(=O)c2ccccc2)c1=O. The van der Waals surface area contributed by atoms with Crippen LogP contribution in [0.2, 0.25) is 0 Å². The molecule has 0 aliphatic carbocycles. The van der Waals surface area contributed by atoms with Gasteiger partial charge in [0.15, 0.2) is 5.78 Å². The van der Waals surface area contributed by atoms with Crippen molar-refractivity contribution in [1.29, 1.82) is 5.26 Å². The summed E-state index contributed by atoms with van der Waals surface area (Å²) in [7, 11) is 0. The lowest BCUT2D eigenvalue weighted by Crippen LogP contribution is -2.44. The highest BCUT2D eigenvalue weighted by molar-refractivity contribution is 5.99. The number of aromatic nitrogens is 1. The van der Waals surface area contributed by atoms with Crippen molar-refractivity contribution >= 4 is 22.4 Å². The third-order valence-electron chi connectivity index (χ3n) is 5.09. The van der Waals surface area contributed by atoms with Crippen LogP contribution in [0.25, 0.3) is 10.9 Å². The number of ketones is 1. The number of rotatable bonds is 4. The molecule has 1 N–H and O–H groups in total. The molecule has 140 valence electrons. The van der Waals surface area contributed by atoms with Crippen LogP contribution in [0.1, 0.15) is 15.9 Å². The van der Waals surface area contributed by atoms with Gasteiger partial charge in [-0.2, -0.15) is 5.26 Å². The number of piperazine rings is 1. The standard InChI is InChI=1S/C22H20N4O2/c23-14-18-21(25-12-10-24-11-13-25)17-8-4-5-9-19(17)26(22(18)28)15-20(27)16-6-2-1-3-7-16/h1-9,24H,10-13,15H2. The lowest BCUT2D eigenvalue weighted by molar-refractivity contribution is 0.0972. The van der Waals surface area contributed by atoms with E-state index in [-0.39, 0.29) is 17.9 Å². The largest absolute Gasteiger partial charge is 0.367 e. The van der Waals surface area contributed by atoms with E-state index in [1.54, 1.807) is 24.3 Å². The van der Waals surface area contributed by atoms with Gasteiger partial charge in [-0.15, -0.1) is 0 Å². The molecule has 2 aromatic carbocycles. The topological polar surface area (TPSA) is 78.1 Å². The molecule has 1 saturated heterocycles. The minimum absolute atomic E-state index is 0.0973. The number of hydrogen-bond acceptors (Lipinski definition) is 5. The number of fused-ring (bicyclic) bond motifs is 1. The van der Waals surface area contributed by atoms with Gasteiger partial charge in [0.2, 0.25) is 0 Å². The van der Waals surface area contributed by atoms with Crippen molar-refractivity contribution in [3.63, 3.8) is 0 Å². The second kappa shape index (κ2) is 7.67. The minimum atomic E-state index is -0.418. The van der Waals surface area contributed by atoms with Crippen molar-refractivity contribution in [2.24, 2.45) is 0 Å². The summed E-state index contributed by atoms with van der Waals surface area (Å²) in [6, 6.07) is 18.5. The molecule has 28 heavy (non-hydrogen) atoms. The molecule has 1 aliphatic rings. The molecule has 0 spiro atoms. The Hall–Kier alpha value is -3.43. The number of nitriles is 1. The molecule has 0 unspecified atom stereocenters. The van der Waals surface area contributed by atoms with Gasteiger partial charge in [0.25, 0.3) is 5.56 Å². The number of nitrogens with one attached hydrogen (secondary N) is 1. The van der Waals surface area contributed by atoms with Crippen molar-refractivity contribution in [3.8, 4) is 6.07 Å². The summed E-state index contributed by atoms with van der Waals surface area (Å²) in [4.78, 5) is 28.0. The van der Waals surface area contributed by atoms with Crippen molar-refractivity contribution in [3.05, 3.63) is 76.1 Å². The predicted octanol–water partition coefficient (Wildman–Crippen LogP) is 2.17. The maximum Gasteiger partial charge on any atom is 0.271 e. The highest BCUT2D eigenvalue weighted by Crippen LogP contribution is 2.29. The Bertz CT molecular complexity index is 1120. The van der Waals surface area contributed by atoms with E-state index in [9.17, 15) is 14.9 Å². The third-order valence-corrected chi connectivity index (χ3v) is 5.09. The fourth-order valence-electron chi connectivity index (χ4n) is 3.72. The summed E-state index contributed by atoms with van der Waals surface area (Å²) in [5.41, 5.74) is 1.57. The summed E-state index contributed by atoms with van der Waals surface area (Å²) in [6.45, 7) is 2.96. The molecule has 0 bridgehead atoms. The third kappa shape index (κ3) is 3.17. The first-order chi connectivity index (χ1) is 13.7. The fourth-order valence-corrected chi connectivity index (χ4v) is 3.72. The maximum atomic E-state index is 13.2.